The van der Waals surface area contributed by atoms with Crippen LogP contribution in [0.2, 0.25) is 0 Å². The number of para-hydroxylation sites is 2. The highest BCUT2D eigenvalue weighted by Gasteiger charge is 2.44. The largest absolute Gasteiger partial charge is 0.477 e. The van der Waals surface area contributed by atoms with Crippen molar-refractivity contribution in [2.24, 2.45) is 0 Å². The summed E-state index contributed by atoms with van der Waals surface area (Å²) in [7, 11) is 3.28. The first kappa shape index (κ1) is 12.7. The van der Waals surface area contributed by atoms with E-state index in [1.165, 1.54) is 0 Å². The van der Waals surface area contributed by atoms with Crippen LogP contribution in [-0.2, 0) is 9.47 Å². The van der Waals surface area contributed by atoms with Gasteiger partial charge in [0.2, 0.25) is 5.79 Å². The minimum Gasteiger partial charge on any atom is -0.477 e. The molecule has 0 radical (unpaired) electrons. The molecular weight excluding hydrogens is 232 g/mol. The molecule has 1 saturated heterocycles. The van der Waals surface area contributed by atoms with E-state index >= 15 is 0 Å². The molecule has 1 aliphatic rings. The van der Waals surface area contributed by atoms with Gasteiger partial charge in [-0.1, -0.05) is 12.1 Å². The Labute approximate surface area is 106 Å². The molecule has 5 heteroatoms. The van der Waals surface area contributed by atoms with Crippen molar-refractivity contribution >= 4 is 5.69 Å². The van der Waals surface area contributed by atoms with E-state index in [9.17, 15) is 0 Å². The molecule has 1 aromatic carbocycles. The highest BCUT2D eigenvalue weighted by atomic mass is 16.7. The summed E-state index contributed by atoms with van der Waals surface area (Å²) in [6, 6.07) is 9.60. The van der Waals surface area contributed by atoms with Gasteiger partial charge in [0.25, 0.3) is 0 Å². The molecule has 96 valence electrons. The van der Waals surface area contributed by atoms with E-state index in [0.717, 1.165) is 5.69 Å². The van der Waals surface area contributed by atoms with E-state index in [-0.39, 0.29) is 6.61 Å². The van der Waals surface area contributed by atoms with Crippen LogP contribution in [0.25, 0.3) is 0 Å². The Hall–Kier alpha value is -1.77. The smallest absolute Gasteiger partial charge is 0.203 e. The number of nitrogens with zero attached hydrogens (tertiary/aromatic N) is 2. The van der Waals surface area contributed by atoms with Crippen LogP contribution >= 0.6 is 0 Å². The third-order valence-electron chi connectivity index (χ3n) is 3.11. The maximum Gasteiger partial charge on any atom is 0.203 e. The zero-order chi connectivity index (χ0) is 13.0. The topological polar surface area (TPSA) is 54.7 Å². The lowest BCUT2D eigenvalue weighted by atomic mass is 10.1. The van der Waals surface area contributed by atoms with E-state index in [1.807, 2.05) is 30.3 Å². The van der Waals surface area contributed by atoms with Gasteiger partial charge in [-0.25, -0.2) is 0 Å². The normalized spacial score (nSPS) is 16.8. The maximum absolute atomic E-state index is 8.56. The molecule has 18 heavy (non-hydrogen) atoms. The van der Waals surface area contributed by atoms with E-state index in [0.29, 0.717) is 18.8 Å². The molecule has 5 nitrogen and oxygen atoms in total. The predicted octanol–water partition coefficient (Wildman–Crippen LogP) is 1.40. The first-order chi connectivity index (χ1) is 8.74. The van der Waals surface area contributed by atoms with E-state index in [4.69, 9.17) is 19.5 Å². The summed E-state index contributed by atoms with van der Waals surface area (Å²) >= 11 is 0. The first-order valence-corrected chi connectivity index (χ1v) is 5.69. The number of hydrogen-bond donors (Lipinski definition) is 0. The highest BCUT2D eigenvalue weighted by Crippen LogP contribution is 2.36. The van der Waals surface area contributed by atoms with Crippen molar-refractivity contribution in [3.63, 3.8) is 0 Å². The van der Waals surface area contributed by atoms with Crippen LogP contribution in [0.3, 0.4) is 0 Å². The van der Waals surface area contributed by atoms with Crippen LogP contribution in [0.1, 0.15) is 0 Å². The molecule has 0 aliphatic carbocycles. The summed E-state index contributed by atoms with van der Waals surface area (Å²) in [4.78, 5) is 2.10. The summed E-state index contributed by atoms with van der Waals surface area (Å²) in [5.41, 5.74) is 0.956. The van der Waals surface area contributed by atoms with Gasteiger partial charge >= 0.3 is 0 Å². The van der Waals surface area contributed by atoms with Crippen molar-refractivity contribution in [2.45, 2.75) is 5.79 Å². The third kappa shape index (κ3) is 2.26. The Balaban J connectivity index is 2.09. The summed E-state index contributed by atoms with van der Waals surface area (Å²) < 4.78 is 16.1. The quantitative estimate of drug-likeness (QED) is 0.737. The van der Waals surface area contributed by atoms with Gasteiger partial charge in [-0.2, -0.15) is 5.26 Å². The summed E-state index contributed by atoms with van der Waals surface area (Å²) in [5.74, 6) is 0.183. The fourth-order valence-electron chi connectivity index (χ4n) is 2.00. The van der Waals surface area contributed by atoms with E-state index in [2.05, 4.69) is 4.90 Å². The third-order valence-corrected chi connectivity index (χ3v) is 3.11. The van der Waals surface area contributed by atoms with Gasteiger partial charge in [0.15, 0.2) is 6.61 Å². The fraction of sp³-hybridized carbons (Fsp3) is 0.462. The van der Waals surface area contributed by atoms with Gasteiger partial charge in [0.05, 0.1) is 18.8 Å². The first-order valence-electron chi connectivity index (χ1n) is 5.69. The molecule has 1 heterocycles. The molecule has 1 aliphatic heterocycles. The van der Waals surface area contributed by atoms with E-state index in [1.54, 1.807) is 14.2 Å². The van der Waals surface area contributed by atoms with Crippen LogP contribution in [0.5, 0.6) is 5.75 Å². The Morgan fingerprint density at radius 3 is 2.56 bits per heavy atom. The van der Waals surface area contributed by atoms with Crippen LogP contribution in [-0.4, -0.2) is 39.7 Å². The number of benzene rings is 1. The lowest BCUT2D eigenvalue weighted by molar-refractivity contribution is -0.219. The second-order valence-corrected chi connectivity index (χ2v) is 4.09. The van der Waals surface area contributed by atoms with Gasteiger partial charge in [-0.3, -0.25) is 0 Å². The molecule has 0 aromatic heterocycles. The Morgan fingerprint density at radius 2 is 1.94 bits per heavy atom. The number of nitriles is 1. The maximum atomic E-state index is 8.56. The molecule has 1 aromatic rings. The molecule has 2 rings (SSSR count). The molecule has 0 amide bonds. The zero-order valence-corrected chi connectivity index (χ0v) is 10.5. The second kappa shape index (κ2) is 5.25. The predicted molar refractivity (Wildman–Crippen MR) is 66.5 cm³/mol. The van der Waals surface area contributed by atoms with Crippen LogP contribution < -0.4 is 9.64 Å². The molecule has 0 unspecified atom stereocenters. The SMILES string of the molecule is COC1(OC)CN(c2ccccc2OCC#N)C1. The Kier molecular flexibility index (Phi) is 3.70. The number of hydrogen-bond acceptors (Lipinski definition) is 5. The van der Waals surface area contributed by atoms with Gasteiger partial charge in [0, 0.05) is 14.2 Å². The molecule has 0 spiro atoms. The monoisotopic (exact) mass is 248 g/mol. The standard InChI is InChI=1S/C13H16N2O3/c1-16-13(17-2)9-15(10-13)11-5-3-4-6-12(11)18-8-7-14/h3-6H,8-10H2,1-2H3. The summed E-state index contributed by atoms with van der Waals surface area (Å²) in [6.45, 7) is 1.34. The minimum absolute atomic E-state index is 0.0462. The second-order valence-electron chi connectivity index (χ2n) is 4.09. The molecule has 1 fully saturated rings. The van der Waals surface area contributed by atoms with Crippen LogP contribution in [0, 0.1) is 11.3 Å². The minimum atomic E-state index is -0.525. The van der Waals surface area contributed by atoms with Crippen molar-refractivity contribution in [3.8, 4) is 11.8 Å². The average Bonchev–Trinajstić information content (AvgIpc) is 2.37. The Bertz CT molecular complexity index is 444. The number of methoxy groups -OCH3 is 2. The highest BCUT2D eigenvalue weighted by molar-refractivity contribution is 5.60. The van der Waals surface area contributed by atoms with Crippen LogP contribution in [0.4, 0.5) is 5.69 Å². The van der Waals surface area contributed by atoms with Crippen LogP contribution in [0.15, 0.2) is 24.3 Å². The molecular formula is C13H16N2O3. The van der Waals surface area contributed by atoms with Crippen molar-refractivity contribution in [2.75, 3.05) is 38.8 Å². The molecule has 0 N–H and O–H groups in total. The van der Waals surface area contributed by atoms with Crippen molar-refractivity contribution in [3.05, 3.63) is 24.3 Å². The van der Waals surface area contributed by atoms with Crippen molar-refractivity contribution < 1.29 is 14.2 Å². The number of rotatable bonds is 5. The molecule has 0 atom stereocenters. The van der Waals surface area contributed by atoms with Crippen molar-refractivity contribution in [1.29, 1.82) is 5.26 Å². The van der Waals surface area contributed by atoms with Gasteiger partial charge in [-0.15, -0.1) is 0 Å². The fourth-order valence-corrected chi connectivity index (χ4v) is 2.00. The molecule has 0 saturated carbocycles. The number of anilines is 1. The average molecular weight is 248 g/mol. The van der Waals surface area contributed by atoms with Gasteiger partial charge in [-0.05, 0) is 12.1 Å². The lowest BCUT2D eigenvalue weighted by Gasteiger charge is -2.48. The molecule has 0 bridgehead atoms. The van der Waals surface area contributed by atoms with E-state index < -0.39 is 5.79 Å². The Morgan fingerprint density at radius 1 is 1.28 bits per heavy atom. The lowest BCUT2D eigenvalue weighted by Crippen LogP contribution is -2.64. The number of ether oxygens (including phenoxy) is 3. The zero-order valence-electron chi connectivity index (χ0n) is 10.5. The summed E-state index contributed by atoms with van der Waals surface area (Å²) in [6.07, 6.45) is 0. The summed E-state index contributed by atoms with van der Waals surface area (Å²) in [5, 5.41) is 8.56. The van der Waals surface area contributed by atoms with Gasteiger partial charge < -0.3 is 19.1 Å². The van der Waals surface area contributed by atoms with Crippen molar-refractivity contribution in [1.82, 2.24) is 0 Å². The van der Waals surface area contributed by atoms with Gasteiger partial charge in [0.1, 0.15) is 11.8 Å².